The third-order valence-electron chi connectivity index (χ3n) is 4.55. The molecule has 154 valence electrons. The zero-order valence-electron chi connectivity index (χ0n) is 17.8. The first-order valence-electron chi connectivity index (χ1n) is 9.72. The summed E-state index contributed by atoms with van der Waals surface area (Å²) >= 11 is 8.14. The highest BCUT2D eigenvalue weighted by molar-refractivity contribution is 8.03. The predicted molar refractivity (Wildman–Crippen MR) is 128 cm³/mol. The molecule has 4 heteroatoms. The first-order chi connectivity index (χ1) is 13.4. The molecule has 1 N–H and O–H groups in total. The first-order valence-corrected chi connectivity index (χ1v) is 11.1. The summed E-state index contributed by atoms with van der Waals surface area (Å²) in [5, 5.41) is 11.0. The first kappa shape index (κ1) is 24.6. The Balaban J connectivity index is 3.23. The highest BCUT2D eigenvalue weighted by Crippen LogP contribution is 2.38. The molecule has 0 bridgehead atoms. The van der Waals surface area contributed by atoms with Crippen LogP contribution in [0.1, 0.15) is 34.6 Å². The molecule has 1 heterocycles. The van der Waals surface area contributed by atoms with Gasteiger partial charge in [0.15, 0.2) is 0 Å². The van der Waals surface area contributed by atoms with E-state index in [1.165, 1.54) is 16.1 Å². The van der Waals surface area contributed by atoms with Crippen LogP contribution in [0.4, 0.5) is 0 Å². The van der Waals surface area contributed by atoms with Crippen molar-refractivity contribution < 1.29 is 5.11 Å². The molecule has 28 heavy (non-hydrogen) atoms. The Labute approximate surface area is 180 Å². The molecule has 0 fully saturated rings. The molecule has 0 amide bonds. The smallest absolute Gasteiger partial charge is 0.0701 e. The monoisotopic (exact) mass is 419 g/mol. The van der Waals surface area contributed by atoms with Gasteiger partial charge >= 0.3 is 0 Å². The SMILES string of the molecule is C=C/C=C(\C=C/C)CN1CC(SC/C(Cl)=C\C=C/C)=C(C(C)C)C(CO)=C1C. The second kappa shape index (κ2) is 12.9. The van der Waals surface area contributed by atoms with Crippen LogP contribution in [0.15, 0.2) is 81.5 Å². The Bertz CT molecular complexity index is 723. The number of allylic oxidation sites excluding steroid dienone is 7. The van der Waals surface area contributed by atoms with Crippen molar-refractivity contribution in [3.63, 3.8) is 0 Å². The average Bonchev–Trinajstić information content (AvgIpc) is 2.66. The van der Waals surface area contributed by atoms with Crippen LogP contribution in [-0.2, 0) is 0 Å². The Morgan fingerprint density at radius 3 is 2.54 bits per heavy atom. The lowest BCUT2D eigenvalue weighted by atomic mass is 9.90. The molecule has 2 nitrogen and oxygen atoms in total. The van der Waals surface area contributed by atoms with E-state index in [1.54, 1.807) is 11.8 Å². The van der Waals surface area contributed by atoms with Gasteiger partial charge in [-0.05, 0) is 43.9 Å². The van der Waals surface area contributed by atoms with E-state index in [9.17, 15) is 5.11 Å². The van der Waals surface area contributed by atoms with Gasteiger partial charge in [-0.2, -0.15) is 0 Å². The highest BCUT2D eigenvalue weighted by atomic mass is 35.5. The lowest BCUT2D eigenvalue weighted by molar-refractivity contribution is 0.314. The summed E-state index contributed by atoms with van der Waals surface area (Å²) in [6, 6.07) is 0. The van der Waals surface area contributed by atoms with Crippen molar-refractivity contribution in [1.82, 2.24) is 4.90 Å². The fourth-order valence-electron chi connectivity index (χ4n) is 3.25. The van der Waals surface area contributed by atoms with Crippen LogP contribution in [0.25, 0.3) is 0 Å². The minimum absolute atomic E-state index is 0.0478. The van der Waals surface area contributed by atoms with Crippen molar-refractivity contribution in [3.8, 4) is 0 Å². The molecule has 0 aromatic rings. The molecule has 0 aromatic carbocycles. The van der Waals surface area contributed by atoms with Crippen LogP contribution in [0.3, 0.4) is 0 Å². The summed E-state index contributed by atoms with van der Waals surface area (Å²) in [5.74, 6) is 1.08. The molecule has 0 radical (unpaired) electrons. The maximum absolute atomic E-state index is 10.1. The molecule has 0 aliphatic carbocycles. The number of hydrogen-bond donors (Lipinski definition) is 1. The van der Waals surface area contributed by atoms with Gasteiger partial charge in [-0.1, -0.05) is 68.5 Å². The third kappa shape index (κ3) is 7.20. The van der Waals surface area contributed by atoms with Crippen molar-refractivity contribution >= 4 is 23.4 Å². The van der Waals surface area contributed by atoms with Crippen LogP contribution in [-0.4, -0.2) is 35.5 Å². The van der Waals surface area contributed by atoms with Gasteiger partial charge < -0.3 is 10.0 Å². The number of nitrogens with zero attached hydrogens (tertiary/aromatic N) is 1. The minimum atomic E-state index is 0.0478. The normalized spacial score (nSPS) is 17.1. The van der Waals surface area contributed by atoms with E-state index in [4.69, 9.17) is 11.6 Å². The van der Waals surface area contributed by atoms with Gasteiger partial charge in [-0.3, -0.25) is 0 Å². The summed E-state index contributed by atoms with van der Waals surface area (Å²) in [5.41, 5.74) is 4.64. The fraction of sp³-hybridized carbons (Fsp3) is 0.417. The molecular weight excluding hydrogens is 386 g/mol. The van der Waals surface area contributed by atoms with Gasteiger partial charge in [0.2, 0.25) is 0 Å². The van der Waals surface area contributed by atoms with Gasteiger partial charge in [-0.25, -0.2) is 0 Å². The van der Waals surface area contributed by atoms with Gasteiger partial charge in [0.25, 0.3) is 0 Å². The van der Waals surface area contributed by atoms with Gasteiger partial charge in [0, 0.05) is 40.0 Å². The topological polar surface area (TPSA) is 23.5 Å². The molecule has 0 saturated heterocycles. The van der Waals surface area contributed by atoms with E-state index in [2.05, 4.69) is 38.3 Å². The standard InChI is InChI=1S/C24H34ClNOS/c1-7-10-13-21(25)17-28-23-15-26(14-20(11-8-2)12-9-3)19(6)22(16-27)24(23)18(4)5/h7-13,18,27H,2,14-17H2,1,3-6H3/b10-7-,12-9-,20-11+,21-13+. The second-order valence-electron chi connectivity index (χ2n) is 6.97. The number of hydrogen-bond acceptors (Lipinski definition) is 3. The molecule has 0 atom stereocenters. The van der Waals surface area contributed by atoms with Crippen LogP contribution in [0.5, 0.6) is 0 Å². The Kier molecular flexibility index (Phi) is 11.4. The van der Waals surface area contributed by atoms with E-state index in [0.717, 1.165) is 35.1 Å². The quantitative estimate of drug-likeness (QED) is 0.403. The molecule has 0 saturated carbocycles. The number of thioether (sulfide) groups is 1. The van der Waals surface area contributed by atoms with Crippen LogP contribution < -0.4 is 0 Å². The summed E-state index contributed by atoms with van der Waals surface area (Å²) in [6.07, 6.45) is 13.9. The van der Waals surface area contributed by atoms with E-state index in [0.29, 0.717) is 5.92 Å². The van der Waals surface area contributed by atoms with Crippen LogP contribution in [0, 0.1) is 5.92 Å². The lowest BCUT2D eigenvalue weighted by Crippen LogP contribution is -2.32. The number of aliphatic hydroxyl groups is 1. The molecule has 1 aliphatic rings. The van der Waals surface area contributed by atoms with Crippen LogP contribution in [0.2, 0.25) is 0 Å². The number of aliphatic hydroxyl groups excluding tert-OH is 1. The van der Waals surface area contributed by atoms with Gasteiger partial charge in [-0.15, -0.1) is 11.8 Å². The fourth-order valence-corrected chi connectivity index (χ4v) is 4.66. The number of rotatable bonds is 10. The molecular formula is C24H34ClNOS. The van der Waals surface area contributed by atoms with Crippen molar-refractivity contribution in [2.45, 2.75) is 34.6 Å². The zero-order chi connectivity index (χ0) is 21.1. The third-order valence-corrected chi connectivity index (χ3v) is 6.12. The average molecular weight is 420 g/mol. The minimum Gasteiger partial charge on any atom is -0.392 e. The molecule has 1 aliphatic heterocycles. The van der Waals surface area contributed by atoms with Crippen molar-refractivity contribution in [2.75, 3.05) is 25.4 Å². The van der Waals surface area contributed by atoms with Gasteiger partial charge in [0.05, 0.1) is 6.61 Å². The van der Waals surface area contributed by atoms with Gasteiger partial charge in [0.1, 0.15) is 0 Å². The summed E-state index contributed by atoms with van der Waals surface area (Å²) in [4.78, 5) is 3.62. The Hall–Kier alpha value is -1.42. The molecule has 0 aromatic heterocycles. The van der Waals surface area contributed by atoms with E-state index < -0.39 is 0 Å². The molecule has 1 rings (SSSR count). The molecule has 0 spiro atoms. The maximum atomic E-state index is 10.1. The predicted octanol–water partition coefficient (Wildman–Crippen LogP) is 6.60. The van der Waals surface area contributed by atoms with E-state index >= 15 is 0 Å². The van der Waals surface area contributed by atoms with Crippen molar-refractivity contribution in [1.29, 1.82) is 0 Å². The highest BCUT2D eigenvalue weighted by Gasteiger charge is 2.26. The van der Waals surface area contributed by atoms with Crippen LogP contribution >= 0.6 is 23.4 Å². The summed E-state index contributed by atoms with van der Waals surface area (Å²) in [7, 11) is 0. The summed E-state index contributed by atoms with van der Waals surface area (Å²) in [6.45, 7) is 16.0. The Morgan fingerprint density at radius 1 is 1.29 bits per heavy atom. The van der Waals surface area contributed by atoms with E-state index in [-0.39, 0.29) is 6.61 Å². The largest absolute Gasteiger partial charge is 0.392 e. The Morgan fingerprint density at radius 2 is 2.00 bits per heavy atom. The van der Waals surface area contributed by atoms with Crippen molar-refractivity contribution in [3.05, 3.63) is 81.5 Å². The summed E-state index contributed by atoms with van der Waals surface area (Å²) < 4.78 is 0. The van der Waals surface area contributed by atoms with Crippen molar-refractivity contribution in [2.24, 2.45) is 5.92 Å². The van der Waals surface area contributed by atoms with E-state index in [1.807, 2.05) is 50.3 Å². The second-order valence-corrected chi connectivity index (χ2v) is 8.53. The number of halogens is 1. The zero-order valence-corrected chi connectivity index (χ0v) is 19.4. The lowest BCUT2D eigenvalue weighted by Gasteiger charge is -2.36. The maximum Gasteiger partial charge on any atom is 0.0701 e. The molecule has 0 unspecified atom stereocenters.